The van der Waals surface area contributed by atoms with Crippen molar-refractivity contribution in [2.45, 2.75) is 180 Å². The smallest absolute Gasteiger partial charge is 0.410 e. The Bertz CT molecular complexity index is 4090. The number of likely N-dealkylation sites (tertiary alicyclic amines) is 3. The summed E-state index contributed by atoms with van der Waals surface area (Å²) in [4.78, 5) is 104. The molecule has 0 aromatic carbocycles. The molecule has 4 atom stereocenters. The van der Waals surface area contributed by atoms with E-state index in [0.717, 1.165) is 54.6 Å². The molecule has 0 aliphatic carbocycles. The van der Waals surface area contributed by atoms with E-state index in [-0.39, 0.29) is 66.5 Å². The molecule has 4 N–H and O–H groups in total. The zero-order valence-electron chi connectivity index (χ0n) is 66.4. The van der Waals surface area contributed by atoms with E-state index in [1.165, 1.54) is 7.11 Å². The number of ether oxygens (including phenoxy) is 8. The molecule has 12 heterocycles. The molecule has 6 amide bonds. The van der Waals surface area contributed by atoms with Gasteiger partial charge >= 0.3 is 24.2 Å². The fraction of sp³-hybridized carbons (Fsp3) is 0.506. The molecule has 0 bridgehead atoms. The lowest BCUT2D eigenvalue weighted by Crippen LogP contribution is -2.55. The van der Waals surface area contributed by atoms with E-state index in [1.54, 1.807) is 110 Å². The number of aryl methyl sites for hydroxylation is 4. The maximum atomic E-state index is 12.2. The molecule has 0 saturated carbocycles. The topological polar surface area (TPSA) is 407 Å². The second kappa shape index (κ2) is 40.5. The zero-order valence-corrected chi connectivity index (χ0v) is 66.4. The molecule has 0 unspecified atom stereocenters. The second-order valence-corrected chi connectivity index (χ2v) is 30.0. The van der Waals surface area contributed by atoms with Crippen LogP contribution in [0.25, 0.3) is 45.3 Å². The van der Waals surface area contributed by atoms with E-state index in [2.05, 4.69) is 66.6 Å². The summed E-state index contributed by atoms with van der Waals surface area (Å²) in [5, 5.41) is 27.0. The molecule has 113 heavy (non-hydrogen) atoms. The lowest BCUT2D eigenvalue weighted by atomic mass is 10.1. The molecule has 34 heteroatoms. The van der Waals surface area contributed by atoms with Crippen molar-refractivity contribution < 1.29 is 89.5 Å². The Morgan fingerprint density at radius 1 is 0.407 bits per heavy atom. The fourth-order valence-electron chi connectivity index (χ4n) is 11.0. The van der Waals surface area contributed by atoms with Gasteiger partial charge in [0.05, 0.1) is 79.2 Å². The first-order valence-electron chi connectivity index (χ1n) is 37.6. The van der Waals surface area contributed by atoms with Gasteiger partial charge in [-0.25, -0.2) is 14.4 Å². The highest BCUT2D eigenvalue weighted by Crippen LogP contribution is 2.32. The van der Waals surface area contributed by atoms with Crippen molar-refractivity contribution in [2.75, 3.05) is 80.9 Å². The van der Waals surface area contributed by atoms with Crippen molar-refractivity contribution in [3.63, 3.8) is 0 Å². The summed E-state index contributed by atoms with van der Waals surface area (Å²) in [7, 11) is 6.17. The lowest BCUT2D eigenvalue weighted by Gasteiger charge is -2.40. The maximum Gasteiger partial charge on any atom is 0.410 e. The molecule has 4 fully saturated rings. The van der Waals surface area contributed by atoms with E-state index < -0.39 is 16.8 Å². The molecule has 4 aliphatic heterocycles. The minimum Gasteiger partial charge on any atom is -0.490 e. The van der Waals surface area contributed by atoms with Gasteiger partial charge in [-0.15, -0.1) is 0 Å². The van der Waals surface area contributed by atoms with Crippen molar-refractivity contribution in [1.82, 2.24) is 76.5 Å². The number of hydrogen-bond acceptors (Lipinski definition) is 28. The third-order valence-electron chi connectivity index (χ3n) is 17.7. The van der Waals surface area contributed by atoms with Gasteiger partial charge in [0.2, 0.25) is 17.7 Å². The quantitative estimate of drug-likeness (QED) is 0.0261. The summed E-state index contributed by atoms with van der Waals surface area (Å²) in [5.74, 6) is 4.28. The molecular weight excluding hydrogens is 1460 g/mol. The summed E-state index contributed by atoms with van der Waals surface area (Å²) in [5.41, 5.74) is 4.20. The SMILES string of the molecule is CNC(=O)CCc1cc(-c2cncc(OC[C@@H]3CCN3)c2)on1.CNC(=O)CCc1cc(-c2cncc(OC[C@@H]3CCN3C(=O)OC(C)(C)C)c2)on1.CNC(=O)CCc1cc(-c2cncc(OC[C@@H]3CCN3C(=O)OC(C)(C)C)c2)on1.COC(=O)CCc1cc(-c2cncc(OC[C@@H]3CCN3C(=O)OC(C)(C)C)c2)on1. The number of pyridine rings is 4. The number of hydrogen-bond donors (Lipinski definition) is 4. The number of carbonyl (C=O) groups excluding carboxylic acids is 7. The number of carbonyl (C=O) groups is 7. The largest absolute Gasteiger partial charge is 0.490 e. The number of methoxy groups -OCH3 is 1. The van der Waals surface area contributed by atoms with Crippen LogP contribution >= 0.6 is 0 Å². The van der Waals surface area contributed by atoms with Crippen molar-refractivity contribution in [1.29, 1.82) is 0 Å². The van der Waals surface area contributed by atoms with Gasteiger partial charge in [0.15, 0.2) is 23.0 Å². The Hall–Kier alpha value is -11.7. The first-order chi connectivity index (χ1) is 54.0. The minimum atomic E-state index is -0.525. The molecule has 0 spiro atoms. The summed E-state index contributed by atoms with van der Waals surface area (Å²) >= 11 is 0. The number of rotatable bonds is 28. The van der Waals surface area contributed by atoms with E-state index >= 15 is 0 Å². The Kier molecular flexibility index (Phi) is 30.6. The van der Waals surface area contributed by atoms with E-state index in [1.807, 2.05) is 86.6 Å². The second-order valence-electron chi connectivity index (χ2n) is 30.0. The van der Waals surface area contributed by atoms with E-state index in [0.29, 0.717) is 166 Å². The molecule has 34 nitrogen and oxygen atoms in total. The van der Waals surface area contributed by atoms with Crippen molar-refractivity contribution in [2.24, 2.45) is 0 Å². The summed E-state index contributed by atoms with van der Waals surface area (Å²) < 4.78 is 65.6. The first kappa shape index (κ1) is 85.3. The average Bonchev–Trinajstić information content (AvgIpc) is 1.68. The van der Waals surface area contributed by atoms with E-state index in [4.69, 9.17) is 51.3 Å². The van der Waals surface area contributed by atoms with Gasteiger partial charge in [-0.2, -0.15) is 0 Å². The number of amides is 6. The Labute approximate surface area is 655 Å². The van der Waals surface area contributed by atoms with E-state index in [9.17, 15) is 33.6 Å². The minimum absolute atomic E-state index is 0.0174. The van der Waals surface area contributed by atoms with Crippen LogP contribution in [0.5, 0.6) is 23.0 Å². The van der Waals surface area contributed by atoms with Crippen LogP contribution in [0, 0.1) is 0 Å². The third kappa shape index (κ3) is 27.3. The Morgan fingerprint density at radius 2 is 0.681 bits per heavy atom. The number of nitrogens with zero attached hydrogens (tertiary/aromatic N) is 11. The molecule has 8 aromatic heterocycles. The van der Waals surface area contributed by atoms with Gasteiger partial charge < -0.3 is 92.0 Å². The van der Waals surface area contributed by atoms with Crippen molar-refractivity contribution in [3.05, 3.63) is 121 Å². The standard InChI is InChI=1S/2C21H28N4O5.C21H27N3O6.C16H20N4O3/c2*1-21(2,3)29-20(27)25-8-7-16(25)13-28-17-9-14(11-23-12-17)18-10-15(24-30-18)5-6-19(26)22-4;1-21(2,3)29-20(26)24-8-7-16(24)13-28-17-9-14(11-22-12-17)18-10-15(23-30-18)5-6-19(25)27-4;1-17-16(21)3-2-12-7-15(23-20-12)11-6-14(9-18-8-11)22-10-13-4-5-19-13/h2*9-12,16H,5-8,13H2,1-4H3,(H,22,26);9-12,16H,5-8,13H2,1-4H3;6-9,13,19H,2-5,10H2,1H3,(H,17,21)/t3*16-;13-/m0000/s1. The van der Waals surface area contributed by atoms with Gasteiger partial charge in [0.25, 0.3) is 0 Å². The summed E-state index contributed by atoms with van der Waals surface area (Å²) in [6.07, 6.45) is 19.2. The normalized spacial score (nSPS) is 16.1. The highest BCUT2D eigenvalue weighted by Gasteiger charge is 2.38. The maximum absolute atomic E-state index is 12.2. The lowest BCUT2D eigenvalue weighted by molar-refractivity contribution is -0.140. The molecule has 12 rings (SSSR count). The third-order valence-corrected chi connectivity index (χ3v) is 17.7. The Morgan fingerprint density at radius 3 is 0.912 bits per heavy atom. The highest BCUT2D eigenvalue weighted by atomic mass is 16.6. The van der Waals surface area contributed by atoms with Crippen LogP contribution in [0.15, 0.2) is 116 Å². The van der Waals surface area contributed by atoms with Crippen molar-refractivity contribution >= 4 is 42.0 Å². The molecule has 8 aromatic rings. The fourth-order valence-corrected chi connectivity index (χ4v) is 11.0. The van der Waals surface area contributed by atoms with Crippen LogP contribution < -0.4 is 40.2 Å². The van der Waals surface area contributed by atoms with Gasteiger partial charge in [-0.05, 0) is 119 Å². The summed E-state index contributed by atoms with van der Waals surface area (Å²) in [6, 6.07) is 14.8. The molecule has 4 saturated heterocycles. The van der Waals surface area contributed by atoms with Gasteiger partial charge in [0.1, 0.15) is 66.2 Å². The molecule has 4 aliphatic rings. The zero-order chi connectivity index (χ0) is 81.2. The Balaban J connectivity index is 0.000000174. The number of aromatic nitrogens is 8. The highest BCUT2D eigenvalue weighted by molar-refractivity contribution is 5.77. The van der Waals surface area contributed by atoms with Crippen LogP contribution in [-0.4, -0.2) is 219 Å². The van der Waals surface area contributed by atoms with Crippen LogP contribution in [0.2, 0.25) is 0 Å². The van der Waals surface area contributed by atoms with Gasteiger partial charge in [0, 0.05) is 163 Å². The van der Waals surface area contributed by atoms with Crippen LogP contribution in [0.4, 0.5) is 14.4 Å². The van der Waals surface area contributed by atoms with Crippen LogP contribution in [-0.2, 0) is 63.8 Å². The molecule has 608 valence electrons. The average molecular weight is 1570 g/mol. The van der Waals surface area contributed by atoms with Crippen LogP contribution in [0.1, 0.15) is 136 Å². The molecule has 0 radical (unpaired) electrons. The first-order valence-corrected chi connectivity index (χ1v) is 37.6. The summed E-state index contributed by atoms with van der Waals surface area (Å²) in [6.45, 7) is 21.4. The number of nitrogens with one attached hydrogen (secondary N) is 4. The van der Waals surface area contributed by atoms with Crippen molar-refractivity contribution in [3.8, 4) is 68.3 Å². The van der Waals surface area contributed by atoms with Gasteiger partial charge in [-0.3, -0.25) is 39.1 Å². The number of esters is 1. The molecular formula is C79H103N15O19. The van der Waals surface area contributed by atoms with Crippen LogP contribution in [0.3, 0.4) is 0 Å². The predicted molar refractivity (Wildman–Crippen MR) is 409 cm³/mol. The van der Waals surface area contributed by atoms with Gasteiger partial charge in [-0.1, -0.05) is 20.6 Å². The predicted octanol–water partition coefficient (Wildman–Crippen LogP) is 9.99. The monoisotopic (exact) mass is 1570 g/mol.